The number of aliphatic hydroxyl groups excluding tert-OH is 1. The SMILES string of the molecule is CCC1(C(=O)[O-])CC(O)c2cc(Cl)ccc2O1. The lowest BCUT2D eigenvalue weighted by Gasteiger charge is -2.40. The quantitative estimate of drug-likeness (QED) is 0.858. The van der Waals surface area contributed by atoms with Crippen LogP contribution >= 0.6 is 11.6 Å². The lowest BCUT2D eigenvalue weighted by atomic mass is 9.87. The van der Waals surface area contributed by atoms with E-state index >= 15 is 0 Å². The smallest absolute Gasteiger partial charge is 0.151 e. The zero-order valence-electron chi connectivity index (χ0n) is 9.27. The Morgan fingerprint density at radius 1 is 1.71 bits per heavy atom. The molecule has 1 aromatic carbocycles. The Labute approximate surface area is 104 Å². The van der Waals surface area contributed by atoms with Gasteiger partial charge in [-0.25, -0.2) is 0 Å². The summed E-state index contributed by atoms with van der Waals surface area (Å²) < 4.78 is 5.47. The lowest BCUT2D eigenvalue weighted by molar-refractivity contribution is -0.325. The van der Waals surface area contributed by atoms with Gasteiger partial charge in [0.05, 0.1) is 12.1 Å². The van der Waals surface area contributed by atoms with E-state index in [0.29, 0.717) is 16.3 Å². The van der Waals surface area contributed by atoms with Crippen LogP contribution in [-0.4, -0.2) is 16.7 Å². The van der Waals surface area contributed by atoms with Crippen molar-refractivity contribution < 1.29 is 19.7 Å². The summed E-state index contributed by atoms with van der Waals surface area (Å²) in [5, 5.41) is 21.6. The fraction of sp³-hybridized carbons (Fsp3) is 0.417. The van der Waals surface area contributed by atoms with Crippen LogP contribution in [0.15, 0.2) is 18.2 Å². The van der Waals surface area contributed by atoms with Gasteiger partial charge in [0.1, 0.15) is 5.75 Å². The third kappa shape index (κ3) is 1.98. The maximum Gasteiger partial charge on any atom is 0.151 e. The minimum absolute atomic E-state index is 0.0286. The highest BCUT2D eigenvalue weighted by Gasteiger charge is 2.40. The molecule has 2 rings (SSSR count). The van der Waals surface area contributed by atoms with Crippen LogP contribution in [0.5, 0.6) is 5.75 Å². The number of fused-ring (bicyclic) bond motifs is 1. The molecular weight excluding hydrogens is 244 g/mol. The van der Waals surface area contributed by atoms with E-state index in [9.17, 15) is 15.0 Å². The molecule has 1 N–H and O–H groups in total. The van der Waals surface area contributed by atoms with Gasteiger partial charge in [-0.1, -0.05) is 18.5 Å². The number of aliphatic hydroxyl groups is 1. The van der Waals surface area contributed by atoms with E-state index in [1.165, 1.54) is 0 Å². The van der Waals surface area contributed by atoms with Crippen molar-refractivity contribution in [2.24, 2.45) is 0 Å². The average molecular weight is 256 g/mol. The molecule has 1 aromatic rings. The Hall–Kier alpha value is -1.26. The van der Waals surface area contributed by atoms with Gasteiger partial charge in [-0.3, -0.25) is 0 Å². The standard InChI is InChI=1S/C12H13ClO4/c1-2-12(11(15)16)6-9(14)8-5-7(13)3-4-10(8)17-12/h3-5,9,14H,2,6H2,1H3,(H,15,16)/p-1. The van der Waals surface area contributed by atoms with Crippen LogP contribution in [0.4, 0.5) is 0 Å². The molecule has 5 heteroatoms. The molecule has 0 saturated heterocycles. The molecule has 0 spiro atoms. The first-order valence-corrected chi connectivity index (χ1v) is 5.74. The van der Waals surface area contributed by atoms with Crippen LogP contribution < -0.4 is 9.84 Å². The van der Waals surface area contributed by atoms with Crippen LogP contribution in [0.25, 0.3) is 0 Å². The number of aliphatic carboxylic acids is 1. The number of benzene rings is 1. The molecule has 17 heavy (non-hydrogen) atoms. The van der Waals surface area contributed by atoms with E-state index in [1.54, 1.807) is 25.1 Å². The molecule has 0 saturated carbocycles. The van der Waals surface area contributed by atoms with Crippen LogP contribution in [0, 0.1) is 0 Å². The molecule has 1 aliphatic heterocycles. The maximum atomic E-state index is 11.2. The van der Waals surface area contributed by atoms with Crippen molar-refractivity contribution in [1.82, 2.24) is 0 Å². The molecule has 0 bridgehead atoms. The first kappa shape index (κ1) is 12.2. The minimum Gasteiger partial charge on any atom is -0.546 e. The monoisotopic (exact) mass is 255 g/mol. The number of hydrogen-bond acceptors (Lipinski definition) is 4. The van der Waals surface area contributed by atoms with Crippen molar-refractivity contribution in [3.63, 3.8) is 0 Å². The third-order valence-electron chi connectivity index (χ3n) is 3.10. The van der Waals surface area contributed by atoms with Crippen molar-refractivity contribution in [2.75, 3.05) is 0 Å². The Morgan fingerprint density at radius 3 is 3.00 bits per heavy atom. The van der Waals surface area contributed by atoms with Gasteiger partial charge in [-0.2, -0.15) is 0 Å². The molecule has 0 fully saturated rings. The van der Waals surface area contributed by atoms with Gasteiger partial charge in [0, 0.05) is 17.0 Å². The fourth-order valence-corrected chi connectivity index (χ4v) is 2.21. The first-order chi connectivity index (χ1) is 7.98. The second kappa shape index (κ2) is 4.20. The second-order valence-corrected chi connectivity index (χ2v) is 4.58. The molecule has 4 nitrogen and oxygen atoms in total. The molecule has 0 aliphatic carbocycles. The van der Waals surface area contributed by atoms with E-state index < -0.39 is 17.7 Å². The van der Waals surface area contributed by atoms with E-state index in [4.69, 9.17) is 16.3 Å². The Balaban J connectivity index is 2.45. The van der Waals surface area contributed by atoms with Crippen molar-refractivity contribution in [3.05, 3.63) is 28.8 Å². The van der Waals surface area contributed by atoms with Gasteiger partial charge < -0.3 is 19.7 Å². The summed E-state index contributed by atoms with van der Waals surface area (Å²) >= 11 is 5.81. The molecule has 0 radical (unpaired) electrons. The summed E-state index contributed by atoms with van der Waals surface area (Å²) in [6, 6.07) is 4.73. The summed E-state index contributed by atoms with van der Waals surface area (Å²) in [5.41, 5.74) is -0.942. The number of carbonyl (C=O) groups is 1. The molecule has 1 aliphatic rings. The second-order valence-electron chi connectivity index (χ2n) is 4.14. The largest absolute Gasteiger partial charge is 0.546 e. The highest BCUT2D eigenvalue weighted by molar-refractivity contribution is 6.30. The summed E-state index contributed by atoms with van der Waals surface area (Å²) in [7, 11) is 0. The van der Waals surface area contributed by atoms with Crippen molar-refractivity contribution in [2.45, 2.75) is 31.5 Å². The van der Waals surface area contributed by atoms with Crippen molar-refractivity contribution in [3.8, 4) is 5.75 Å². The number of carboxylic acids is 1. The zero-order valence-corrected chi connectivity index (χ0v) is 10.0. The Morgan fingerprint density at radius 2 is 2.41 bits per heavy atom. The minimum atomic E-state index is -1.46. The Kier molecular flexibility index (Phi) is 3.02. The van der Waals surface area contributed by atoms with E-state index in [2.05, 4.69) is 0 Å². The molecule has 0 aromatic heterocycles. The predicted molar refractivity (Wildman–Crippen MR) is 59.7 cm³/mol. The van der Waals surface area contributed by atoms with Crippen LogP contribution in [0.1, 0.15) is 31.4 Å². The maximum absolute atomic E-state index is 11.2. The van der Waals surface area contributed by atoms with E-state index in [1.807, 2.05) is 0 Å². The molecule has 1 heterocycles. The molecular formula is C12H12ClO4-. The molecule has 92 valence electrons. The molecule has 0 amide bonds. The van der Waals surface area contributed by atoms with Crippen LogP contribution in [-0.2, 0) is 4.79 Å². The van der Waals surface area contributed by atoms with Crippen LogP contribution in [0.3, 0.4) is 0 Å². The highest BCUT2D eigenvalue weighted by Crippen LogP contribution is 2.41. The van der Waals surface area contributed by atoms with E-state index in [-0.39, 0.29) is 12.8 Å². The van der Waals surface area contributed by atoms with Gasteiger partial charge in [0.15, 0.2) is 5.60 Å². The lowest BCUT2D eigenvalue weighted by Crippen LogP contribution is -2.54. The Bertz CT molecular complexity index is 460. The summed E-state index contributed by atoms with van der Waals surface area (Å²) in [5.74, 6) is -0.959. The summed E-state index contributed by atoms with van der Waals surface area (Å²) in [4.78, 5) is 11.2. The topological polar surface area (TPSA) is 69.6 Å². The van der Waals surface area contributed by atoms with Gasteiger partial charge in [-0.05, 0) is 24.6 Å². The van der Waals surface area contributed by atoms with Gasteiger partial charge in [0.25, 0.3) is 0 Å². The van der Waals surface area contributed by atoms with Crippen molar-refractivity contribution >= 4 is 17.6 Å². The normalized spacial score (nSPS) is 27.1. The summed E-state index contributed by atoms with van der Waals surface area (Å²) in [6.07, 6.45) is -0.705. The number of rotatable bonds is 2. The summed E-state index contributed by atoms with van der Waals surface area (Å²) in [6.45, 7) is 1.68. The number of hydrogen-bond donors (Lipinski definition) is 1. The zero-order chi connectivity index (χ0) is 12.6. The number of carbonyl (C=O) groups excluding carboxylic acids is 1. The van der Waals surface area contributed by atoms with Gasteiger partial charge in [-0.15, -0.1) is 0 Å². The van der Waals surface area contributed by atoms with Gasteiger partial charge >= 0.3 is 0 Å². The fourth-order valence-electron chi connectivity index (χ4n) is 2.03. The predicted octanol–water partition coefficient (Wildman–Crippen LogP) is 1.05. The molecule has 2 atom stereocenters. The van der Waals surface area contributed by atoms with Gasteiger partial charge in [0.2, 0.25) is 0 Å². The molecule has 2 unspecified atom stereocenters. The van der Waals surface area contributed by atoms with Crippen LogP contribution in [0.2, 0.25) is 5.02 Å². The average Bonchev–Trinajstić information content (AvgIpc) is 2.29. The van der Waals surface area contributed by atoms with Crippen molar-refractivity contribution in [1.29, 1.82) is 0 Å². The number of halogens is 1. The third-order valence-corrected chi connectivity index (χ3v) is 3.34. The highest BCUT2D eigenvalue weighted by atomic mass is 35.5. The first-order valence-electron chi connectivity index (χ1n) is 5.36. The van der Waals surface area contributed by atoms with E-state index in [0.717, 1.165) is 0 Å². The number of ether oxygens (including phenoxy) is 1. The number of carboxylic acid groups (broad SMARTS) is 1.